The minimum atomic E-state index is 0.256. The lowest BCUT2D eigenvalue weighted by Crippen LogP contribution is -2.17. The maximum atomic E-state index is 6.36. The van der Waals surface area contributed by atoms with Crippen LogP contribution in [0.3, 0.4) is 0 Å². The van der Waals surface area contributed by atoms with Crippen LogP contribution >= 0.6 is 15.9 Å². The number of benzene rings is 2. The van der Waals surface area contributed by atoms with Crippen LogP contribution in [0.15, 0.2) is 67.0 Å². The maximum Gasteiger partial charge on any atom is 0.163 e. The zero-order valence-electron chi connectivity index (χ0n) is 18.4. The molecule has 1 heterocycles. The molecule has 2 aromatic carbocycles. The second kappa shape index (κ2) is 11.2. The van der Waals surface area contributed by atoms with Crippen LogP contribution in [0, 0.1) is 0 Å². The highest BCUT2D eigenvalue weighted by Crippen LogP contribution is 2.38. The lowest BCUT2D eigenvalue weighted by atomic mass is 10.1. The van der Waals surface area contributed by atoms with Crippen LogP contribution < -0.4 is 19.1 Å². The normalized spacial score (nSPS) is 13.7. The van der Waals surface area contributed by atoms with Gasteiger partial charge in [-0.2, -0.15) is 0 Å². The number of ether oxygens (including phenoxy) is 3. The van der Waals surface area contributed by atoms with Crippen LogP contribution in [0.25, 0.3) is 0 Å². The summed E-state index contributed by atoms with van der Waals surface area (Å²) in [4.78, 5) is 6.54. The number of nitrogens with zero attached hydrogens (tertiary/aromatic N) is 2. The molecule has 0 unspecified atom stereocenters. The maximum absolute atomic E-state index is 6.36. The number of alkyl halides is 1. The summed E-state index contributed by atoms with van der Waals surface area (Å²) in [5, 5.41) is 0.789. The molecule has 32 heavy (non-hydrogen) atoms. The third-order valence-corrected chi connectivity index (χ3v) is 5.92. The van der Waals surface area contributed by atoms with Crippen molar-refractivity contribution in [2.45, 2.75) is 38.3 Å². The summed E-state index contributed by atoms with van der Waals surface area (Å²) < 4.78 is 17.8. The summed E-state index contributed by atoms with van der Waals surface area (Å²) in [7, 11) is 1.69. The Kier molecular flexibility index (Phi) is 7.88. The van der Waals surface area contributed by atoms with Gasteiger partial charge in [0.25, 0.3) is 0 Å². The van der Waals surface area contributed by atoms with Gasteiger partial charge in [0.1, 0.15) is 5.75 Å². The van der Waals surface area contributed by atoms with E-state index in [4.69, 9.17) is 14.2 Å². The topological polar surface area (TPSA) is 43.8 Å². The molecule has 0 atom stereocenters. The van der Waals surface area contributed by atoms with Gasteiger partial charge in [0.2, 0.25) is 0 Å². The number of rotatable bonds is 10. The van der Waals surface area contributed by atoms with Gasteiger partial charge < -0.3 is 19.1 Å². The fourth-order valence-corrected chi connectivity index (χ4v) is 4.18. The van der Waals surface area contributed by atoms with Gasteiger partial charge in [-0.15, -0.1) is 0 Å². The molecule has 168 valence electrons. The van der Waals surface area contributed by atoms with Crippen molar-refractivity contribution in [3.05, 3.63) is 72.6 Å². The van der Waals surface area contributed by atoms with Crippen molar-refractivity contribution in [3.8, 4) is 17.2 Å². The molecule has 1 aliphatic rings. The quantitative estimate of drug-likeness (QED) is 0.298. The van der Waals surface area contributed by atoms with Gasteiger partial charge in [0, 0.05) is 47.8 Å². The van der Waals surface area contributed by atoms with Crippen LogP contribution in [-0.2, 0) is 6.54 Å². The van der Waals surface area contributed by atoms with Gasteiger partial charge in [0.15, 0.2) is 11.5 Å². The Bertz CT molecular complexity index is 993. The zero-order valence-corrected chi connectivity index (χ0v) is 20.0. The molecule has 6 heteroatoms. The molecule has 1 saturated carbocycles. The lowest BCUT2D eigenvalue weighted by Gasteiger charge is -2.27. The number of hydrogen-bond acceptors (Lipinski definition) is 5. The molecule has 4 rings (SSSR count). The Morgan fingerprint density at radius 1 is 1.00 bits per heavy atom. The largest absolute Gasteiger partial charge is 0.493 e. The van der Waals surface area contributed by atoms with Crippen LogP contribution in [0.5, 0.6) is 17.2 Å². The fraction of sp³-hybridized carbons (Fsp3) is 0.346. The molecule has 3 aromatic rings. The predicted octanol–water partition coefficient (Wildman–Crippen LogP) is 6.52. The standard InChI is InChI=1S/C26H29BrN2O3/c1-30-25-12-11-22(17-26(25)32-23-8-2-3-9-23)29(19-20-6-5-14-28-18-20)21-7-4-10-24(16-21)31-15-13-27/h4-7,10-12,14,16-18,23H,2-3,8-9,13,15,19H2,1H3. The van der Waals surface area contributed by atoms with Crippen molar-refractivity contribution in [1.29, 1.82) is 0 Å². The molecule has 0 aliphatic heterocycles. The third-order valence-electron chi connectivity index (χ3n) is 5.59. The molecule has 1 fully saturated rings. The van der Waals surface area contributed by atoms with Crippen molar-refractivity contribution in [1.82, 2.24) is 4.98 Å². The van der Waals surface area contributed by atoms with E-state index in [2.05, 4.69) is 56.1 Å². The Balaban J connectivity index is 1.69. The molecule has 1 aliphatic carbocycles. The van der Waals surface area contributed by atoms with Gasteiger partial charge in [-0.3, -0.25) is 4.98 Å². The predicted molar refractivity (Wildman–Crippen MR) is 132 cm³/mol. The van der Waals surface area contributed by atoms with Crippen molar-refractivity contribution < 1.29 is 14.2 Å². The number of methoxy groups -OCH3 is 1. The first-order chi connectivity index (χ1) is 15.8. The first kappa shape index (κ1) is 22.5. The van der Waals surface area contributed by atoms with Gasteiger partial charge in [0.05, 0.1) is 19.8 Å². The number of halogens is 1. The third kappa shape index (κ3) is 5.74. The minimum Gasteiger partial charge on any atom is -0.493 e. The van der Waals surface area contributed by atoms with Gasteiger partial charge in [-0.05, 0) is 61.6 Å². The molecular weight excluding hydrogens is 468 g/mol. The van der Waals surface area contributed by atoms with E-state index in [-0.39, 0.29) is 6.10 Å². The van der Waals surface area contributed by atoms with E-state index in [1.165, 1.54) is 12.8 Å². The molecule has 5 nitrogen and oxygen atoms in total. The molecule has 0 amide bonds. The molecule has 0 spiro atoms. The van der Waals surface area contributed by atoms with Crippen LogP contribution in [0.1, 0.15) is 31.2 Å². The summed E-state index contributed by atoms with van der Waals surface area (Å²) in [6.45, 7) is 1.29. The highest BCUT2D eigenvalue weighted by molar-refractivity contribution is 9.09. The van der Waals surface area contributed by atoms with E-state index in [0.29, 0.717) is 13.2 Å². The molecule has 0 radical (unpaired) electrons. The van der Waals surface area contributed by atoms with Crippen molar-refractivity contribution in [3.63, 3.8) is 0 Å². The Hall–Kier alpha value is -2.73. The average Bonchev–Trinajstić information content (AvgIpc) is 3.35. The number of hydrogen-bond donors (Lipinski definition) is 0. The molecule has 0 saturated heterocycles. The average molecular weight is 497 g/mol. The van der Waals surface area contributed by atoms with Crippen LogP contribution in [0.2, 0.25) is 0 Å². The highest BCUT2D eigenvalue weighted by atomic mass is 79.9. The fourth-order valence-electron chi connectivity index (χ4n) is 4.01. The molecule has 0 N–H and O–H groups in total. The van der Waals surface area contributed by atoms with Gasteiger partial charge in [-0.1, -0.05) is 28.1 Å². The Morgan fingerprint density at radius 3 is 2.59 bits per heavy atom. The SMILES string of the molecule is COc1ccc(N(Cc2cccnc2)c2cccc(OCCBr)c2)cc1OC1CCCC1. The monoisotopic (exact) mass is 496 g/mol. The second-order valence-electron chi connectivity index (χ2n) is 7.84. The van der Waals surface area contributed by atoms with E-state index < -0.39 is 0 Å². The van der Waals surface area contributed by atoms with E-state index in [1.54, 1.807) is 13.3 Å². The summed E-state index contributed by atoms with van der Waals surface area (Å²) in [5.74, 6) is 2.39. The number of aromatic nitrogens is 1. The highest BCUT2D eigenvalue weighted by Gasteiger charge is 2.20. The molecule has 1 aromatic heterocycles. The summed E-state index contributed by atoms with van der Waals surface area (Å²) >= 11 is 3.42. The molecule has 0 bridgehead atoms. The van der Waals surface area contributed by atoms with Gasteiger partial charge in [-0.25, -0.2) is 0 Å². The Labute approximate surface area is 198 Å². The Morgan fingerprint density at radius 2 is 1.84 bits per heavy atom. The molecular formula is C26H29BrN2O3. The second-order valence-corrected chi connectivity index (χ2v) is 8.63. The van der Waals surface area contributed by atoms with E-state index in [9.17, 15) is 0 Å². The summed E-state index contributed by atoms with van der Waals surface area (Å²) in [6.07, 6.45) is 8.59. The van der Waals surface area contributed by atoms with Crippen LogP contribution in [-0.4, -0.2) is 30.1 Å². The van der Waals surface area contributed by atoms with E-state index in [1.807, 2.05) is 30.5 Å². The number of pyridine rings is 1. The first-order valence-electron chi connectivity index (χ1n) is 11.1. The summed E-state index contributed by atoms with van der Waals surface area (Å²) in [5.41, 5.74) is 3.19. The smallest absolute Gasteiger partial charge is 0.163 e. The van der Waals surface area contributed by atoms with Crippen molar-refractivity contribution in [2.24, 2.45) is 0 Å². The summed E-state index contributed by atoms with van der Waals surface area (Å²) in [6, 6.07) is 18.4. The van der Waals surface area contributed by atoms with Crippen molar-refractivity contribution in [2.75, 3.05) is 23.9 Å². The van der Waals surface area contributed by atoms with Crippen LogP contribution in [0.4, 0.5) is 11.4 Å². The zero-order chi connectivity index (χ0) is 22.2. The van der Waals surface area contributed by atoms with E-state index >= 15 is 0 Å². The minimum absolute atomic E-state index is 0.256. The number of anilines is 2. The van der Waals surface area contributed by atoms with Crippen molar-refractivity contribution >= 4 is 27.3 Å². The lowest BCUT2D eigenvalue weighted by molar-refractivity contribution is 0.201. The first-order valence-corrected chi connectivity index (χ1v) is 12.2. The van der Waals surface area contributed by atoms with E-state index in [0.717, 1.165) is 52.4 Å². The van der Waals surface area contributed by atoms with Gasteiger partial charge >= 0.3 is 0 Å².